The summed E-state index contributed by atoms with van der Waals surface area (Å²) in [5, 5.41) is 10.00. The molecule has 1 N–H and O–H groups in total. The average molecular weight is 241 g/mol. The molecule has 0 aliphatic carbocycles. The lowest BCUT2D eigenvalue weighted by Gasteiger charge is -2.38. The van der Waals surface area contributed by atoms with Crippen LogP contribution in [0.15, 0.2) is 0 Å². The number of rotatable bonds is 1. The smallest absolute Gasteiger partial charge is 0.411 e. The topological polar surface area (TPSA) is 49.8 Å². The molecule has 2 heterocycles. The molecule has 2 aliphatic rings. The number of carbonyl (C=O) groups excluding carboxylic acids is 1. The Morgan fingerprint density at radius 3 is 2.35 bits per heavy atom. The normalized spacial score (nSPS) is 33.9. The van der Waals surface area contributed by atoms with Gasteiger partial charge in [0, 0.05) is 6.04 Å². The van der Waals surface area contributed by atoms with Crippen molar-refractivity contribution in [2.45, 2.75) is 76.7 Å². The van der Waals surface area contributed by atoms with Gasteiger partial charge in [-0.1, -0.05) is 0 Å². The van der Waals surface area contributed by atoms with Crippen molar-refractivity contribution in [3.63, 3.8) is 0 Å². The van der Waals surface area contributed by atoms with Gasteiger partial charge in [0.2, 0.25) is 0 Å². The van der Waals surface area contributed by atoms with Gasteiger partial charge in [-0.2, -0.15) is 0 Å². The first-order chi connectivity index (χ1) is 7.76. The Kier molecular flexibility index (Phi) is 2.89. The second kappa shape index (κ2) is 3.87. The van der Waals surface area contributed by atoms with Crippen molar-refractivity contribution in [3.8, 4) is 0 Å². The molecule has 2 rings (SSSR count). The van der Waals surface area contributed by atoms with Gasteiger partial charge in [0.05, 0.1) is 11.6 Å². The summed E-state index contributed by atoms with van der Waals surface area (Å²) in [6, 6.07) is 0.263. The largest absolute Gasteiger partial charge is 0.444 e. The second-order valence-electron chi connectivity index (χ2n) is 6.36. The fourth-order valence-electron chi connectivity index (χ4n) is 3.23. The fourth-order valence-corrected chi connectivity index (χ4v) is 3.23. The van der Waals surface area contributed by atoms with Crippen LogP contribution < -0.4 is 0 Å². The van der Waals surface area contributed by atoms with Gasteiger partial charge in [-0.3, -0.25) is 4.90 Å². The quantitative estimate of drug-likeness (QED) is 0.766. The Morgan fingerprint density at radius 2 is 1.94 bits per heavy atom. The van der Waals surface area contributed by atoms with Gasteiger partial charge < -0.3 is 9.84 Å². The molecule has 17 heavy (non-hydrogen) atoms. The van der Waals surface area contributed by atoms with Crippen molar-refractivity contribution in [1.29, 1.82) is 0 Å². The van der Waals surface area contributed by atoms with Crippen LogP contribution in [-0.2, 0) is 4.74 Å². The molecule has 4 heteroatoms. The number of aliphatic hydroxyl groups excluding tert-OH is 1. The van der Waals surface area contributed by atoms with E-state index in [2.05, 4.69) is 0 Å². The number of hydrogen-bond acceptors (Lipinski definition) is 3. The molecule has 0 radical (unpaired) electrons. The molecule has 0 aromatic heterocycles. The number of amides is 1. The molecule has 2 aliphatic heterocycles. The van der Waals surface area contributed by atoms with E-state index in [1.54, 1.807) is 6.92 Å². The maximum atomic E-state index is 12.2. The molecule has 2 fully saturated rings. The Bertz CT molecular complexity index is 311. The Hall–Kier alpha value is -0.770. The van der Waals surface area contributed by atoms with Crippen molar-refractivity contribution < 1.29 is 14.6 Å². The van der Waals surface area contributed by atoms with E-state index in [1.165, 1.54) is 0 Å². The van der Waals surface area contributed by atoms with Crippen LogP contribution in [0, 0.1) is 0 Å². The maximum Gasteiger partial charge on any atom is 0.411 e. The maximum absolute atomic E-state index is 12.2. The Labute approximate surface area is 103 Å². The third-order valence-electron chi connectivity index (χ3n) is 4.03. The van der Waals surface area contributed by atoms with Crippen molar-refractivity contribution in [2.75, 3.05) is 0 Å². The van der Waals surface area contributed by atoms with E-state index in [0.29, 0.717) is 0 Å². The minimum atomic E-state index is -0.484. The van der Waals surface area contributed by atoms with Gasteiger partial charge in [-0.15, -0.1) is 0 Å². The van der Waals surface area contributed by atoms with Crippen LogP contribution in [0.1, 0.15) is 53.4 Å². The molecule has 0 aromatic rings. The van der Waals surface area contributed by atoms with E-state index in [9.17, 15) is 9.90 Å². The van der Waals surface area contributed by atoms with Crippen LogP contribution in [0.3, 0.4) is 0 Å². The summed E-state index contributed by atoms with van der Waals surface area (Å²) in [5.74, 6) is 0. The number of fused-ring (bicyclic) bond motifs is 2. The van der Waals surface area contributed by atoms with Crippen LogP contribution in [0.2, 0.25) is 0 Å². The zero-order chi connectivity index (χ0) is 12.8. The molecular formula is C13H23NO3. The monoisotopic (exact) mass is 241 g/mol. The summed E-state index contributed by atoms with van der Waals surface area (Å²) >= 11 is 0. The molecule has 1 unspecified atom stereocenters. The highest BCUT2D eigenvalue weighted by atomic mass is 16.6. The Morgan fingerprint density at radius 1 is 1.41 bits per heavy atom. The van der Waals surface area contributed by atoms with Crippen molar-refractivity contribution in [2.24, 2.45) is 0 Å². The third kappa shape index (κ3) is 2.03. The van der Waals surface area contributed by atoms with Gasteiger partial charge in [0.15, 0.2) is 0 Å². The summed E-state index contributed by atoms with van der Waals surface area (Å²) in [4.78, 5) is 14.0. The highest BCUT2D eigenvalue weighted by Crippen LogP contribution is 2.48. The minimum absolute atomic E-state index is 0.263. The molecular weight excluding hydrogens is 218 g/mol. The second-order valence-corrected chi connectivity index (χ2v) is 6.36. The molecule has 0 saturated carbocycles. The van der Waals surface area contributed by atoms with Crippen molar-refractivity contribution in [1.82, 2.24) is 4.90 Å². The SMILES string of the molecule is CC(O)C12CCC(CC1)N2C(=O)OC(C)(C)C. The molecule has 4 nitrogen and oxygen atoms in total. The van der Waals surface area contributed by atoms with Gasteiger partial charge >= 0.3 is 6.09 Å². The van der Waals surface area contributed by atoms with Crippen molar-refractivity contribution >= 4 is 6.09 Å². The van der Waals surface area contributed by atoms with Gasteiger partial charge in [0.1, 0.15) is 5.60 Å². The summed E-state index contributed by atoms with van der Waals surface area (Å²) in [5.41, 5.74) is -0.841. The van der Waals surface area contributed by atoms with E-state index in [-0.39, 0.29) is 17.7 Å². The summed E-state index contributed by atoms with van der Waals surface area (Å²) in [6.07, 6.45) is 3.03. The lowest BCUT2D eigenvalue weighted by atomic mass is 9.84. The number of nitrogens with zero attached hydrogens (tertiary/aromatic N) is 1. The van der Waals surface area contributed by atoms with Crippen LogP contribution >= 0.6 is 0 Å². The molecule has 2 saturated heterocycles. The lowest BCUT2D eigenvalue weighted by Crippen LogP contribution is -2.53. The summed E-state index contributed by atoms with van der Waals surface area (Å²) < 4.78 is 5.45. The van der Waals surface area contributed by atoms with Gasteiger partial charge in [-0.25, -0.2) is 4.79 Å². The molecule has 1 atom stereocenters. The molecule has 1 amide bonds. The predicted octanol–water partition coefficient (Wildman–Crippen LogP) is 2.30. The van der Waals surface area contributed by atoms with Crippen LogP contribution in [0.5, 0.6) is 0 Å². The number of ether oxygens (including phenoxy) is 1. The average Bonchev–Trinajstić information content (AvgIpc) is 2.70. The first-order valence-electron chi connectivity index (χ1n) is 6.47. The predicted molar refractivity (Wildman–Crippen MR) is 64.7 cm³/mol. The van der Waals surface area contributed by atoms with Crippen molar-refractivity contribution in [3.05, 3.63) is 0 Å². The fraction of sp³-hybridized carbons (Fsp3) is 0.923. The third-order valence-corrected chi connectivity index (χ3v) is 4.03. The first kappa shape index (κ1) is 12.7. The zero-order valence-electron chi connectivity index (χ0n) is 11.2. The standard InChI is InChI=1S/C13H23NO3/c1-9(15)13-7-5-10(6-8-13)14(13)11(16)17-12(2,3)4/h9-10,15H,5-8H2,1-4H3. The number of hydrogen-bond donors (Lipinski definition) is 1. The molecule has 0 spiro atoms. The summed E-state index contributed by atoms with van der Waals surface area (Å²) in [7, 11) is 0. The summed E-state index contributed by atoms with van der Waals surface area (Å²) in [6.45, 7) is 7.40. The van der Waals surface area contributed by atoms with Gasteiger partial charge in [0.25, 0.3) is 0 Å². The molecule has 0 aromatic carbocycles. The van der Waals surface area contributed by atoms with E-state index in [0.717, 1.165) is 25.7 Å². The van der Waals surface area contributed by atoms with Gasteiger partial charge in [-0.05, 0) is 53.4 Å². The number of carbonyl (C=O) groups is 1. The highest BCUT2D eigenvalue weighted by molar-refractivity contribution is 5.71. The lowest BCUT2D eigenvalue weighted by molar-refractivity contribution is -0.0207. The van der Waals surface area contributed by atoms with Crippen LogP contribution in [-0.4, -0.2) is 39.4 Å². The minimum Gasteiger partial charge on any atom is -0.444 e. The van der Waals surface area contributed by atoms with Crippen LogP contribution in [0.4, 0.5) is 4.79 Å². The number of aliphatic hydroxyl groups is 1. The Balaban J connectivity index is 2.18. The van der Waals surface area contributed by atoms with E-state index in [1.807, 2.05) is 25.7 Å². The zero-order valence-corrected chi connectivity index (χ0v) is 11.2. The molecule has 2 bridgehead atoms. The molecule has 98 valence electrons. The van der Waals surface area contributed by atoms with E-state index < -0.39 is 11.7 Å². The first-order valence-corrected chi connectivity index (χ1v) is 6.47. The van der Waals surface area contributed by atoms with E-state index >= 15 is 0 Å². The van der Waals surface area contributed by atoms with E-state index in [4.69, 9.17) is 4.74 Å². The highest BCUT2D eigenvalue weighted by Gasteiger charge is 2.57. The van der Waals surface area contributed by atoms with Crippen LogP contribution in [0.25, 0.3) is 0 Å².